The summed E-state index contributed by atoms with van der Waals surface area (Å²) in [6.45, 7) is 9.55. The van der Waals surface area contributed by atoms with E-state index in [2.05, 4.69) is 32.9 Å². The maximum atomic E-state index is 13.1. The molecule has 0 aliphatic carbocycles. The zero-order valence-electron chi connectivity index (χ0n) is 25.1. The van der Waals surface area contributed by atoms with Crippen LogP contribution in [0, 0.1) is 11.8 Å². The molecule has 0 saturated carbocycles. The van der Waals surface area contributed by atoms with Crippen LogP contribution in [-0.4, -0.2) is 57.8 Å². The van der Waals surface area contributed by atoms with E-state index >= 15 is 0 Å². The Labute approximate surface area is 245 Å². The van der Waals surface area contributed by atoms with Gasteiger partial charge >= 0.3 is 11.9 Å². The van der Waals surface area contributed by atoms with Crippen LogP contribution in [0.1, 0.15) is 89.1 Å². The second-order valence-electron chi connectivity index (χ2n) is 11.4. The molecule has 0 fully saturated rings. The molecular formula is C34H48O7. The average Bonchev–Trinajstić information content (AvgIpc) is 2.91. The number of allylic oxidation sites excluding steroid dienone is 5. The minimum atomic E-state index is -1.06. The van der Waals surface area contributed by atoms with Crippen LogP contribution in [-0.2, 0) is 14.3 Å². The molecule has 41 heavy (non-hydrogen) atoms. The number of benzene rings is 1. The molecule has 0 spiro atoms. The van der Waals surface area contributed by atoms with Crippen LogP contribution in [0.5, 0.6) is 0 Å². The van der Waals surface area contributed by atoms with Crippen molar-refractivity contribution in [3.8, 4) is 0 Å². The van der Waals surface area contributed by atoms with Gasteiger partial charge in [0.05, 0.1) is 23.9 Å². The van der Waals surface area contributed by atoms with Crippen molar-refractivity contribution >= 4 is 18.0 Å². The maximum Gasteiger partial charge on any atom is 0.338 e. The second-order valence-corrected chi connectivity index (χ2v) is 11.4. The first kappa shape index (κ1) is 34.2. The Morgan fingerprint density at radius 1 is 1.12 bits per heavy atom. The van der Waals surface area contributed by atoms with Gasteiger partial charge in [-0.05, 0) is 62.6 Å². The van der Waals surface area contributed by atoms with Crippen LogP contribution in [0.3, 0.4) is 0 Å². The van der Waals surface area contributed by atoms with Crippen molar-refractivity contribution in [2.75, 3.05) is 0 Å². The van der Waals surface area contributed by atoms with Crippen molar-refractivity contribution in [3.63, 3.8) is 0 Å². The number of esters is 2. The van der Waals surface area contributed by atoms with Crippen molar-refractivity contribution < 1.29 is 34.4 Å². The van der Waals surface area contributed by atoms with E-state index in [-0.39, 0.29) is 36.4 Å². The molecule has 3 unspecified atom stereocenters. The van der Waals surface area contributed by atoms with Gasteiger partial charge < -0.3 is 24.8 Å². The van der Waals surface area contributed by atoms with E-state index in [1.54, 1.807) is 43.4 Å². The van der Waals surface area contributed by atoms with Crippen molar-refractivity contribution in [2.24, 2.45) is 11.8 Å². The Morgan fingerprint density at radius 2 is 1.85 bits per heavy atom. The number of rotatable bonds is 10. The number of aliphatic hydroxyl groups is 3. The van der Waals surface area contributed by atoms with Gasteiger partial charge in [0.25, 0.3) is 0 Å². The molecule has 1 aliphatic rings. The van der Waals surface area contributed by atoms with E-state index < -0.39 is 24.3 Å². The second kappa shape index (κ2) is 17.7. The Morgan fingerprint density at radius 3 is 2.56 bits per heavy atom. The largest absolute Gasteiger partial charge is 0.462 e. The molecule has 1 aromatic rings. The van der Waals surface area contributed by atoms with E-state index in [0.717, 1.165) is 17.6 Å². The highest BCUT2D eigenvalue weighted by Gasteiger charge is 2.24. The number of aliphatic hydroxyl groups excluding tert-OH is 3. The fourth-order valence-electron chi connectivity index (χ4n) is 4.56. The first-order valence-electron chi connectivity index (χ1n) is 14.7. The standard InChI is InChI=1S/C34H48O7/c1-23(2)31-17-9-7-13-25(4)32(18-11-19-33(38)40-31)41-34(39)28-16-10-15-27(22-28)14-8-6-12-24(3)20-29(36)30(37)21-26(5)35/h6-10,12,14-16,20,22-23,25-26,29-32,35-37H,11,13,17-19,21H2,1-5H3/t25?,26-,29-,30-,31?,32?/m0/s1. The monoisotopic (exact) mass is 568 g/mol. The highest BCUT2D eigenvalue weighted by Crippen LogP contribution is 2.23. The lowest BCUT2D eigenvalue weighted by Crippen LogP contribution is -2.27. The quantitative estimate of drug-likeness (QED) is 0.182. The van der Waals surface area contributed by atoms with Gasteiger partial charge in [-0.25, -0.2) is 4.79 Å². The zero-order chi connectivity index (χ0) is 30.4. The molecule has 0 aromatic heterocycles. The average molecular weight is 569 g/mol. The molecule has 0 saturated heterocycles. The van der Waals surface area contributed by atoms with Crippen molar-refractivity contribution in [3.05, 3.63) is 77.4 Å². The molecule has 3 N–H and O–H groups in total. The maximum absolute atomic E-state index is 13.1. The van der Waals surface area contributed by atoms with Crippen LogP contribution in [0.4, 0.5) is 0 Å². The number of ether oxygens (including phenoxy) is 2. The SMILES string of the molecule is CC(C=CC=Cc1cccc(C(=O)OC2CCCC(=O)OC(C(C)C)CC=CCC2C)c1)=C[C@H](O)[C@@H](O)C[C@H](C)O. The van der Waals surface area contributed by atoms with Gasteiger partial charge in [-0.3, -0.25) is 4.79 Å². The predicted octanol–water partition coefficient (Wildman–Crippen LogP) is 5.94. The summed E-state index contributed by atoms with van der Waals surface area (Å²) < 4.78 is 11.6. The minimum absolute atomic E-state index is 0.0947. The van der Waals surface area contributed by atoms with E-state index in [0.29, 0.717) is 31.2 Å². The summed E-state index contributed by atoms with van der Waals surface area (Å²) in [4.78, 5) is 25.4. The van der Waals surface area contributed by atoms with Gasteiger partial charge in [0.2, 0.25) is 0 Å². The third-order valence-corrected chi connectivity index (χ3v) is 7.12. The summed E-state index contributed by atoms with van der Waals surface area (Å²) in [5.74, 6) is -0.241. The van der Waals surface area contributed by atoms with E-state index in [1.165, 1.54) is 0 Å². The Balaban J connectivity index is 2.01. The van der Waals surface area contributed by atoms with Crippen LogP contribution >= 0.6 is 0 Å². The van der Waals surface area contributed by atoms with Gasteiger partial charge in [-0.1, -0.05) is 81.0 Å². The predicted molar refractivity (Wildman–Crippen MR) is 162 cm³/mol. The molecule has 0 radical (unpaired) electrons. The van der Waals surface area contributed by atoms with Gasteiger partial charge in [0.1, 0.15) is 12.2 Å². The van der Waals surface area contributed by atoms with Gasteiger partial charge in [-0.2, -0.15) is 0 Å². The molecule has 7 nitrogen and oxygen atoms in total. The van der Waals surface area contributed by atoms with Crippen molar-refractivity contribution in [1.82, 2.24) is 0 Å². The number of carbonyl (C=O) groups is 2. The van der Waals surface area contributed by atoms with Crippen LogP contribution in [0.25, 0.3) is 6.08 Å². The Hall–Kier alpha value is -3.00. The van der Waals surface area contributed by atoms with Crippen LogP contribution < -0.4 is 0 Å². The Bertz CT molecular complexity index is 1080. The number of hydrogen-bond donors (Lipinski definition) is 3. The summed E-state index contributed by atoms with van der Waals surface area (Å²) in [6, 6.07) is 7.19. The Kier molecular flexibility index (Phi) is 14.8. The lowest BCUT2D eigenvalue weighted by molar-refractivity contribution is -0.151. The molecule has 226 valence electrons. The van der Waals surface area contributed by atoms with Gasteiger partial charge in [0, 0.05) is 19.3 Å². The third-order valence-electron chi connectivity index (χ3n) is 7.12. The molecule has 0 amide bonds. The molecular weight excluding hydrogens is 520 g/mol. The summed E-state index contributed by atoms with van der Waals surface area (Å²) in [6.07, 6.45) is 12.8. The van der Waals surface area contributed by atoms with E-state index in [1.807, 2.05) is 25.1 Å². The molecule has 1 aromatic carbocycles. The fourth-order valence-corrected chi connectivity index (χ4v) is 4.56. The topological polar surface area (TPSA) is 113 Å². The number of hydrogen-bond acceptors (Lipinski definition) is 7. The summed E-state index contributed by atoms with van der Waals surface area (Å²) in [5, 5.41) is 29.3. The first-order valence-corrected chi connectivity index (χ1v) is 14.7. The summed E-state index contributed by atoms with van der Waals surface area (Å²) in [5.41, 5.74) is 2.05. The molecule has 6 atom stereocenters. The van der Waals surface area contributed by atoms with Gasteiger partial charge in [0.15, 0.2) is 0 Å². The normalized spacial score (nSPS) is 23.6. The lowest BCUT2D eigenvalue weighted by atomic mass is 9.94. The van der Waals surface area contributed by atoms with Crippen molar-refractivity contribution in [2.45, 2.75) is 104 Å². The van der Waals surface area contributed by atoms with Crippen molar-refractivity contribution in [1.29, 1.82) is 0 Å². The van der Waals surface area contributed by atoms with E-state index in [4.69, 9.17) is 9.47 Å². The summed E-state index contributed by atoms with van der Waals surface area (Å²) in [7, 11) is 0. The number of cyclic esters (lactones) is 1. The molecule has 1 aliphatic heterocycles. The highest BCUT2D eigenvalue weighted by atomic mass is 16.5. The zero-order valence-corrected chi connectivity index (χ0v) is 25.1. The van der Waals surface area contributed by atoms with Gasteiger partial charge in [-0.15, -0.1) is 0 Å². The molecule has 0 bridgehead atoms. The van der Waals surface area contributed by atoms with Crippen LogP contribution in [0.2, 0.25) is 0 Å². The highest BCUT2D eigenvalue weighted by molar-refractivity contribution is 5.90. The van der Waals surface area contributed by atoms with Crippen LogP contribution in [0.15, 0.2) is 66.3 Å². The molecule has 2 rings (SSSR count). The minimum Gasteiger partial charge on any atom is -0.462 e. The van der Waals surface area contributed by atoms with E-state index in [9.17, 15) is 24.9 Å². The first-order chi connectivity index (χ1) is 19.5. The molecule has 1 heterocycles. The summed E-state index contributed by atoms with van der Waals surface area (Å²) >= 11 is 0. The lowest BCUT2D eigenvalue weighted by Gasteiger charge is -2.25. The fraction of sp³-hybridized carbons (Fsp3) is 0.529. The molecule has 7 heteroatoms. The smallest absolute Gasteiger partial charge is 0.338 e. The third kappa shape index (κ3) is 13.0. The number of carbonyl (C=O) groups excluding carboxylic acids is 2.